The van der Waals surface area contributed by atoms with Gasteiger partial charge in [-0.3, -0.25) is 14.8 Å². The third-order valence-corrected chi connectivity index (χ3v) is 15.2. The second kappa shape index (κ2) is 36.0. The number of nitrogens with two attached hydrogens (primary N) is 2. The molecule has 0 radical (unpaired) electrons. The van der Waals surface area contributed by atoms with Crippen molar-refractivity contribution in [2.75, 3.05) is 88.0 Å². The maximum atomic E-state index is 10.6. The minimum Gasteiger partial charge on any atom is -0.467 e. The van der Waals surface area contributed by atoms with Crippen molar-refractivity contribution in [3.05, 3.63) is 89.5 Å². The van der Waals surface area contributed by atoms with Crippen LogP contribution in [0.15, 0.2) is 82.8 Å². The van der Waals surface area contributed by atoms with E-state index in [0.29, 0.717) is 69.1 Å². The number of para-hydroxylation sites is 3. The molecule has 3 aromatic carbocycles. The van der Waals surface area contributed by atoms with Gasteiger partial charge >= 0.3 is 0 Å². The SMILES string of the molecule is CC[C@H](N)[C@@H](N)CC.CC[C@H](N=Cc1ccccc1OCOCCOC)[C@H](CO[Si](C)(C)C(C)(C)C)N=Cc1ccccc1OCOCCOC.COCCOCOc1ccccc1C=O. The highest BCUT2D eigenvalue weighted by Gasteiger charge is 2.38. The molecule has 372 valence electrons. The minimum absolute atomic E-state index is 0.0805. The van der Waals surface area contributed by atoms with Crippen LogP contribution in [0.25, 0.3) is 0 Å². The summed E-state index contributed by atoms with van der Waals surface area (Å²) in [5.41, 5.74) is 13.5. The van der Waals surface area contributed by atoms with E-state index in [1.165, 1.54) is 0 Å². The summed E-state index contributed by atoms with van der Waals surface area (Å²) in [6, 6.07) is 22.6. The van der Waals surface area contributed by atoms with Gasteiger partial charge in [0.25, 0.3) is 0 Å². The Hall–Kier alpha value is -4.07. The van der Waals surface area contributed by atoms with Gasteiger partial charge in [0, 0.05) is 57.0 Å². The smallest absolute Gasteiger partial charge is 0.192 e. The Kier molecular flexibility index (Phi) is 32.7. The highest BCUT2D eigenvalue weighted by molar-refractivity contribution is 6.74. The largest absolute Gasteiger partial charge is 0.467 e. The Morgan fingerprint density at radius 3 is 1.27 bits per heavy atom. The summed E-state index contributed by atoms with van der Waals surface area (Å²) in [6.07, 6.45) is 7.22. The number of nitrogens with zero attached hydrogens (tertiary/aromatic N) is 2. The zero-order valence-electron chi connectivity index (χ0n) is 41.7. The Labute approximate surface area is 397 Å². The van der Waals surface area contributed by atoms with E-state index in [9.17, 15) is 4.79 Å². The number of methoxy groups -OCH3 is 3. The lowest BCUT2D eigenvalue weighted by molar-refractivity contribution is -0.00874. The first kappa shape index (κ1) is 59.9. The van der Waals surface area contributed by atoms with Gasteiger partial charge in [0.15, 0.2) is 35.0 Å². The molecule has 0 fully saturated rings. The van der Waals surface area contributed by atoms with Crippen molar-refractivity contribution in [2.45, 2.75) is 103 Å². The topological polar surface area (TPSA) is 186 Å². The van der Waals surface area contributed by atoms with Gasteiger partial charge in [0.05, 0.1) is 63.9 Å². The molecular formula is C50H82N4O11Si. The van der Waals surface area contributed by atoms with Crippen LogP contribution >= 0.6 is 0 Å². The number of aldehydes is 1. The van der Waals surface area contributed by atoms with Crippen LogP contribution in [-0.4, -0.2) is 139 Å². The number of benzene rings is 3. The molecule has 0 unspecified atom stereocenters. The first-order valence-electron chi connectivity index (χ1n) is 22.7. The molecule has 3 rings (SSSR count). The average molecular weight is 943 g/mol. The van der Waals surface area contributed by atoms with Crippen molar-refractivity contribution in [1.82, 2.24) is 0 Å². The molecule has 15 nitrogen and oxygen atoms in total. The van der Waals surface area contributed by atoms with E-state index < -0.39 is 8.32 Å². The summed E-state index contributed by atoms with van der Waals surface area (Å²) in [5, 5.41) is 0.0805. The Morgan fingerprint density at radius 2 is 0.924 bits per heavy atom. The second-order valence-electron chi connectivity index (χ2n) is 16.5. The summed E-state index contributed by atoms with van der Waals surface area (Å²) in [4.78, 5) is 20.7. The summed E-state index contributed by atoms with van der Waals surface area (Å²) in [7, 11) is 2.87. The summed E-state index contributed by atoms with van der Waals surface area (Å²) in [5.74, 6) is 1.93. The van der Waals surface area contributed by atoms with E-state index in [1.807, 2.05) is 61.0 Å². The molecule has 3 aromatic rings. The van der Waals surface area contributed by atoms with E-state index in [2.05, 4.69) is 54.6 Å². The van der Waals surface area contributed by atoms with E-state index >= 15 is 0 Å². The minimum atomic E-state index is -2.01. The normalized spacial score (nSPS) is 13.5. The van der Waals surface area contributed by atoms with Gasteiger partial charge in [-0.15, -0.1) is 0 Å². The molecule has 0 aliphatic rings. The zero-order chi connectivity index (χ0) is 49.1. The third-order valence-electron chi connectivity index (χ3n) is 10.7. The van der Waals surface area contributed by atoms with Gasteiger partial charge in [0.2, 0.25) is 0 Å². The fourth-order valence-corrected chi connectivity index (χ4v) is 6.28. The lowest BCUT2D eigenvalue weighted by atomic mass is 10.1. The van der Waals surface area contributed by atoms with Crippen molar-refractivity contribution in [3.8, 4) is 17.2 Å². The van der Waals surface area contributed by atoms with Crippen molar-refractivity contribution in [2.24, 2.45) is 21.5 Å². The number of ether oxygens (including phenoxy) is 9. The van der Waals surface area contributed by atoms with Crippen LogP contribution in [0.2, 0.25) is 18.1 Å². The lowest BCUT2D eigenvalue weighted by Crippen LogP contribution is -2.43. The molecule has 0 saturated carbocycles. The van der Waals surface area contributed by atoms with E-state index in [-0.39, 0.29) is 49.6 Å². The molecule has 66 heavy (non-hydrogen) atoms. The van der Waals surface area contributed by atoms with Crippen LogP contribution in [0.3, 0.4) is 0 Å². The lowest BCUT2D eigenvalue weighted by Gasteiger charge is -2.37. The van der Waals surface area contributed by atoms with E-state index in [1.54, 1.807) is 45.6 Å². The first-order valence-corrected chi connectivity index (χ1v) is 25.7. The standard InChI is InChI=1S/C33H52N2O7Si.C11H14O4.C6H16N2/c1-9-29(34-22-27-14-10-12-16-31(27)40-25-38-20-18-36-5)30(24-42-43(7,8)33(2,3)4)35-23-28-15-11-13-17-32(28)41-26-39-21-19-37-6;1-13-6-7-14-9-15-11-5-3-2-4-10(11)8-12;1-3-5(7)6(8)4-2/h10-17,22-23,29-30H,9,18-21,24-26H2,1-8H3;2-5,8H,6-7,9H2,1H3;5-6H,3-4,7-8H2,1-2H3/t29-,30-;;5-,6-/m0.0/s1. The molecule has 4 N–H and O–H groups in total. The third kappa shape index (κ3) is 25.2. The monoisotopic (exact) mass is 943 g/mol. The first-order chi connectivity index (χ1) is 31.7. The summed E-state index contributed by atoms with van der Waals surface area (Å²) in [6.45, 7) is 21.3. The van der Waals surface area contributed by atoms with Crippen LogP contribution in [0.5, 0.6) is 17.2 Å². The molecule has 0 aliphatic heterocycles. The summed E-state index contributed by atoms with van der Waals surface area (Å²) >= 11 is 0. The number of hydrogen-bond donors (Lipinski definition) is 2. The number of hydrogen-bond acceptors (Lipinski definition) is 15. The molecule has 0 heterocycles. The Bertz CT molecular complexity index is 1740. The van der Waals surface area contributed by atoms with Gasteiger partial charge in [-0.05, 0) is 73.8 Å². The predicted octanol–water partition coefficient (Wildman–Crippen LogP) is 8.35. The van der Waals surface area contributed by atoms with E-state index in [4.69, 9.17) is 68.5 Å². The van der Waals surface area contributed by atoms with Crippen molar-refractivity contribution in [3.63, 3.8) is 0 Å². The number of carbonyl (C=O) groups excluding carboxylic acids is 1. The van der Waals surface area contributed by atoms with Gasteiger partial charge in [0.1, 0.15) is 17.2 Å². The molecule has 0 amide bonds. The molecule has 0 aliphatic carbocycles. The van der Waals surface area contributed by atoms with Crippen molar-refractivity contribution < 1.29 is 51.9 Å². The van der Waals surface area contributed by atoms with Gasteiger partial charge in [-0.2, -0.15) is 0 Å². The fourth-order valence-electron chi connectivity index (χ4n) is 5.26. The van der Waals surface area contributed by atoms with Crippen LogP contribution < -0.4 is 25.7 Å². The van der Waals surface area contributed by atoms with Crippen LogP contribution in [-0.2, 0) is 32.8 Å². The fraction of sp³-hybridized carbons (Fsp3) is 0.580. The van der Waals surface area contributed by atoms with Crippen LogP contribution in [0, 0.1) is 0 Å². The van der Waals surface area contributed by atoms with Gasteiger partial charge in [-0.1, -0.05) is 77.9 Å². The Morgan fingerprint density at radius 1 is 0.561 bits per heavy atom. The van der Waals surface area contributed by atoms with Crippen LogP contribution in [0.1, 0.15) is 82.3 Å². The molecule has 0 bridgehead atoms. The highest BCUT2D eigenvalue weighted by atomic mass is 28.4. The quantitative estimate of drug-likeness (QED) is 0.0206. The number of aliphatic imine (C=N–C) groups is 2. The molecule has 16 heteroatoms. The van der Waals surface area contributed by atoms with Gasteiger partial charge in [-0.25, -0.2) is 0 Å². The number of carbonyl (C=O) groups is 1. The molecule has 0 saturated heterocycles. The highest BCUT2D eigenvalue weighted by Crippen LogP contribution is 2.37. The van der Waals surface area contributed by atoms with Crippen molar-refractivity contribution >= 4 is 27.0 Å². The predicted molar refractivity (Wildman–Crippen MR) is 267 cm³/mol. The molecular weight excluding hydrogens is 861 g/mol. The maximum absolute atomic E-state index is 10.6. The van der Waals surface area contributed by atoms with Gasteiger partial charge < -0.3 is 58.5 Å². The van der Waals surface area contributed by atoms with E-state index in [0.717, 1.165) is 36.7 Å². The molecule has 0 spiro atoms. The second-order valence-corrected chi connectivity index (χ2v) is 21.3. The van der Waals surface area contributed by atoms with Crippen molar-refractivity contribution in [1.29, 1.82) is 0 Å². The number of rotatable bonds is 31. The maximum Gasteiger partial charge on any atom is 0.192 e. The summed E-state index contributed by atoms with van der Waals surface area (Å²) < 4.78 is 54.6. The zero-order valence-corrected chi connectivity index (χ0v) is 42.7. The molecule has 0 aromatic heterocycles. The Balaban J connectivity index is 0.000000768. The average Bonchev–Trinajstić information content (AvgIpc) is 3.32. The molecule has 4 atom stereocenters. The van der Waals surface area contributed by atoms with Crippen LogP contribution in [0.4, 0.5) is 0 Å².